The number of hydrogen-bond donors (Lipinski definition) is 0. The second kappa shape index (κ2) is 5.71. The van der Waals surface area contributed by atoms with E-state index in [-0.39, 0.29) is 29.9 Å². The predicted octanol–water partition coefficient (Wildman–Crippen LogP) is 2.09. The fourth-order valence-electron chi connectivity index (χ4n) is 1.54. The third-order valence-corrected chi connectivity index (χ3v) is 2.47. The zero-order valence-corrected chi connectivity index (χ0v) is 10.9. The van der Waals surface area contributed by atoms with Gasteiger partial charge in [0.15, 0.2) is 0 Å². The van der Waals surface area contributed by atoms with Gasteiger partial charge < -0.3 is 9.64 Å². The van der Waals surface area contributed by atoms with Crippen molar-refractivity contribution in [2.75, 3.05) is 20.1 Å². The molecule has 0 spiro atoms. The molecule has 1 heterocycles. The van der Waals surface area contributed by atoms with Crippen LogP contribution in [0.5, 0.6) is 0 Å². The molecule has 0 radical (unpaired) electrons. The Balaban J connectivity index is 0.00000196. The number of likely N-dealkylation sites (tertiary alicyclic amines) is 1. The summed E-state index contributed by atoms with van der Waals surface area (Å²) in [4.78, 5) is 13.8. The molecule has 1 rings (SSSR count). The van der Waals surface area contributed by atoms with Crippen molar-refractivity contribution >= 4 is 18.4 Å². The molecule has 90 valence electrons. The number of rotatable bonds is 1. The maximum atomic E-state index is 11.6. The van der Waals surface area contributed by atoms with E-state index in [2.05, 4.69) is 11.9 Å². The topological polar surface area (TPSA) is 29.5 Å². The standard InChI is InChI=1S/C11H21NO2.ClH/c1-11(2,3)10(13)14-9-6-5-7-12(4)8-9;/h9H,5-8H2,1-4H3;1H. The lowest BCUT2D eigenvalue weighted by Gasteiger charge is -2.31. The summed E-state index contributed by atoms with van der Waals surface area (Å²) >= 11 is 0. The van der Waals surface area contributed by atoms with Crippen LogP contribution in [0.15, 0.2) is 0 Å². The molecule has 1 aliphatic rings. The SMILES string of the molecule is CN1CCCC(OC(=O)C(C)(C)C)C1.Cl. The fraction of sp³-hybridized carbons (Fsp3) is 0.909. The highest BCUT2D eigenvalue weighted by Crippen LogP contribution is 2.19. The Morgan fingerprint density at radius 2 is 2.00 bits per heavy atom. The van der Waals surface area contributed by atoms with Gasteiger partial charge in [-0.1, -0.05) is 0 Å². The Morgan fingerprint density at radius 3 is 2.47 bits per heavy atom. The minimum atomic E-state index is -0.379. The van der Waals surface area contributed by atoms with Crippen LogP contribution in [0, 0.1) is 5.41 Å². The molecule has 0 amide bonds. The molecule has 0 aromatic rings. The zero-order valence-electron chi connectivity index (χ0n) is 10.1. The number of piperidine rings is 1. The van der Waals surface area contributed by atoms with Crippen LogP contribution in [0.2, 0.25) is 0 Å². The fourth-order valence-corrected chi connectivity index (χ4v) is 1.54. The highest BCUT2D eigenvalue weighted by Gasteiger charge is 2.28. The summed E-state index contributed by atoms with van der Waals surface area (Å²) in [7, 11) is 2.07. The number of ether oxygens (including phenoxy) is 1. The van der Waals surface area contributed by atoms with E-state index in [1.165, 1.54) is 0 Å². The van der Waals surface area contributed by atoms with E-state index >= 15 is 0 Å². The van der Waals surface area contributed by atoms with Gasteiger partial charge in [0, 0.05) is 6.54 Å². The lowest BCUT2D eigenvalue weighted by Crippen LogP contribution is -2.40. The van der Waals surface area contributed by atoms with Crippen LogP contribution < -0.4 is 0 Å². The van der Waals surface area contributed by atoms with E-state index in [4.69, 9.17) is 4.74 Å². The molecular weight excluding hydrogens is 214 g/mol. The highest BCUT2D eigenvalue weighted by atomic mass is 35.5. The Kier molecular flexibility index (Phi) is 5.60. The lowest BCUT2D eigenvalue weighted by atomic mass is 9.97. The third-order valence-electron chi connectivity index (χ3n) is 2.47. The second-order valence-corrected chi connectivity index (χ2v) is 5.18. The van der Waals surface area contributed by atoms with Gasteiger partial charge in [0.25, 0.3) is 0 Å². The second-order valence-electron chi connectivity index (χ2n) is 5.18. The van der Waals surface area contributed by atoms with E-state index in [9.17, 15) is 4.79 Å². The zero-order chi connectivity index (χ0) is 10.8. The first-order chi connectivity index (χ1) is 6.39. The van der Waals surface area contributed by atoms with Crippen LogP contribution in [0.4, 0.5) is 0 Å². The van der Waals surface area contributed by atoms with E-state index in [0.717, 1.165) is 25.9 Å². The molecule has 1 fully saturated rings. The van der Waals surface area contributed by atoms with Gasteiger partial charge in [0.05, 0.1) is 5.41 Å². The maximum absolute atomic E-state index is 11.6. The summed E-state index contributed by atoms with van der Waals surface area (Å²) < 4.78 is 5.45. The summed E-state index contributed by atoms with van der Waals surface area (Å²) in [6, 6.07) is 0. The molecule has 1 unspecified atom stereocenters. The van der Waals surface area contributed by atoms with Crippen LogP contribution in [0.25, 0.3) is 0 Å². The maximum Gasteiger partial charge on any atom is 0.311 e. The normalized spacial score (nSPS) is 23.1. The van der Waals surface area contributed by atoms with Gasteiger partial charge in [-0.2, -0.15) is 0 Å². The molecule has 0 aliphatic carbocycles. The van der Waals surface area contributed by atoms with Crippen molar-refractivity contribution in [2.45, 2.75) is 39.7 Å². The Morgan fingerprint density at radius 1 is 1.40 bits per heavy atom. The third kappa shape index (κ3) is 4.85. The predicted molar refractivity (Wildman–Crippen MR) is 63.3 cm³/mol. The molecule has 0 N–H and O–H groups in total. The van der Waals surface area contributed by atoms with Gasteiger partial charge in [-0.25, -0.2) is 0 Å². The minimum absolute atomic E-state index is 0. The summed E-state index contributed by atoms with van der Waals surface area (Å²) in [6.45, 7) is 7.66. The molecule has 0 aromatic carbocycles. The monoisotopic (exact) mass is 235 g/mol. The van der Waals surface area contributed by atoms with Crippen LogP contribution >= 0.6 is 12.4 Å². The van der Waals surface area contributed by atoms with Gasteiger partial charge in [0.1, 0.15) is 6.10 Å². The molecule has 0 saturated carbocycles. The number of hydrogen-bond acceptors (Lipinski definition) is 3. The molecule has 3 nitrogen and oxygen atoms in total. The number of carbonyl (C=O) groups is 1. The first-order valence-corrected chi connectivity index (χ1v) is 5.29. The van der Waals surface area contributed by atoms with Crippen molar-refractivity contribution in [1.29, 1.82) is 0 Å². The van der Waals surface area contributed by atoms with Gasteiger partial charge in [-0.15, -0.1) is 12.4 Å². The average molecular weight is 236 g/mol. The number of halogens is 1. The smallest absolute Gasteiger partial charge is 0.311 e. The van der Waals surface area contributed by atoms with E-state index in [1.54, 1.807) is 0 Å². The molecule has 0 aromatic heterocycles. The first-order valence-electron chi connectivity index (χ1n) is 5.29. The lowest BCUT2D eigenvalue weighted by molar-refractivity contribution is -0.160. The molecule has 0 bridgehead atoms. The summed E-state index contributed by atoms with van der Waals surface area (Å²) in [5.74, 6) is -0.0854. The number of esters is 1. The van der Waals surface area contributed by atoms with E-state index < -0.39 is 0 Å². The quantitative estimate of drug-likeness (QED) is 0.652. The van der Waals surface area contributed by atoms with Crippen molar-refractivity contribution < 1.29 is 9.53 Å². The Bertz CT molecular complexity index is 213. The molecule has 1 saturated heterocycles. The Labute approximate surface area is 98.6 Å². The van der Waals surface area contributed by atoms with Crippen molar-refractivity contribution in [1.82, 2.24) is 4.90 Å². The van der Waals surface area contributed by atoms with Crippen LogP contribution in [0.3, 0.4) is 0 Å². The van der Waals surface area contributed by atoms with Crippen molar-refractivity contribution in [3.8, 4) is 0 Å². The molecular formula is C11H22ClNO2. The number of likely N-dealkylation sites (N-methyl/N-ethyl adjacent to an activating group) is 1. The first kappa shape index (κ1) is 14.7. The Hall–Kier alpha value is -0.280. The minimum Gasteiger partial charge on any atom is -0.461 e. The van der Waals surface area contributed by atoms with Gasteiger partial charge in [0.2, 0.25) is 0 Å². The van der Waals surface area contributed by atoms with Crippen LogP contribution in [-0.2, 0) is 9.53 Å². The van der Waals surface area contributed by atoms with Gasteiger partial charge >= 0.3 is 5.97 Å². The van der Waals surface area contributed by atoms with E-state index in [0.29, 0.717) is 0 Å². The summed E-state index contributed by atoms with van der Waals surface area (Å²) in [6.07, 6.45) is 2.23. The highest BCUT2D eigenvalue weighted by molar-refractivity contribution is 5.85. The largest absolute Gasteiger partial charge is 0.461 e. The molecule has 1 aliphatic heterocycles. The summed E-state index contributed by atoms with van der Waals surface area (Å²) in [5, 5.41) is 0. The van der Waals surface area contributed by atoms with E-state index in [1.807, 2.05) is 20.8 Å². The average Bonchev–Trinajstić information content (AvgIpc) is 2.02. The van der Waals surface area contributed by atoms with Crippen LogP contribution in [-0.4, -0.2) is 37.1 Å². The van der Waals surface area contributed by atoms with Crippen molar-refractivity contribution in [3.63, 3.8) is 0 Å². The molecule has 1 atom stereocenters. The van der Waals surface area contributed by atoms with Gasteiger partial charge in [-0.05, 0) is 47.2 Å². The molecule has 15 heavy (non-hydrogen) atoms. The van der Waals surface area contributed by atoms with Crippen LogP contribution in [0.1, 0.15) is 33.6 Å². The number of carbonyl (C=O) groups excluding carboxylic acids is 1. The van der Waals surface area contributed by atoms with Gasteiger partial charge in [-0.3, -0.25) is 4.79 Å². The molecule has 4 heteroatoms. The van der Waals surface area contributed by atoms with Crippen molar-refractivity contribution in [3.05, 3.63) is 0 Å². The van der Waals surface area contributed by atoms with Crippen molar-refractivity contribution in [2.24, 2.45) is 5.41 Å². The summed E-state index contributed by atoms with van der Waals surface area (Å²) in [5.41, 5.74) is -0.379. The number of nitrogens with zero attached hydrogens (tertiary/aromatic N) is 1.